The number of carbonyl (C=O) groups excluding carboxylic acids is 1. The lowest BCUT2D eigenvalue weighted by Gasteiger charge is -2.21. The second-order valence-corrected chi connectivity index (χ2v) is 6.10. The van der Waals surface area contributed by atoms with Crippen LogP contribution in [-0.4, -0.2) is 28.9 Å². The van der Waals surface area contributed by atoms with Crippen LogP contribution in [0.3, 0.4) is 0 Å². The molecule has 2 rings (SSSR count). The van der Waals surface area contributed by atoms with Gasteiger partial charge in [0.1, 0.15) is 17.1 Å². The van der Waals surface area contributed by atoms with Gasteiger partial charge in [0.05, 0.1) is 4.92 Å². The van der Waals surface area contributed by atoms with Crippen molar-refractivity contribution in [2.45, 2.75) is 12.8 Å². The van der Waals surface area contributed by atoms with Gasteiger partial charge in [-0.05, 0) is 36.3 Å². The van der Waals surface area contributed by atoms with Crippen molar-refractivity contribution in [2.75, 3.05) is 23.8 Å². The highest BCUT2D eigenvalue weighted by atomic mass is 32.2. The molecular formula is C13H16FN3O3S. The van der Waals surface area contributed by atoms with Crippen LogP contribution in [0.25, 0.3) is 0 Å². The molecule has 21 heavy (non-hydrogen) atoms. The second-order valence-electron chi connectivity index (χ2n) is 4.88. The molecule has 0 aromatic heterocycles. The van der Waals surface area contributed by atoms with Crippen LogP contribution in [0, 0.1) is 21.8 Å². The maximum Gasteiger partial charge on any atom is 0.293 e. The highest BCUT2D eigenvalue weighted by molar-refractivity contribution is 7.99. The molecule has 3 N–H and O–H groups in total. The number of halogens is 1. The summed E-state index contributed by atoms with van der Waals surface area (Å²) in [6.45, 7) is 0.432. The van der Waals surface area contributed by atoms with E-state index in [1.54, 1.807) is 0 Å². The van der Waals surface area contributed by atoms with Crippen LogP contribution in [0.2, 0.25) is 0 Å². The maximum absolute atomic E-state index is 13.7. The normalized spacial score (nSPS) is 15.7. The van der Waals surface area contributed by atoms with Crippen LogP contribution in [0.1, 0.15) is 23.2 Å². The van der Waals surface area contributed by atoms with Crippen molar-refractivity contribution >= 4 is 29.0 Å². The third-order valence-electron chi connectivity index (χ3n) is 3.49. The molecule has 1 aliphatic heterocycles. The Kier molecular flexibility index (Phi) is 5.00. The van der Waals surface area contributed by atoms with Crippen LogP contribution < -0.4 is 11.1 Å². The zero-order valence-corrected chi connectivity index (χ0v) is 12.1. The fourth-order valence-corrected chi connectivity index (χ4v) is 3.45. The molecule has 1 aromatic rings. The monoisotopic (exact) mass is 313 g/mol. The average Bonchev–Trinajstić information content (AvgIpc) is 2.46. The van der Waals surface area contributed by atoms with E-state index >= 15 is 0 Å². The molecule has 0 spiro atoms. The van der Waals surface area contributed by atoms with Crippen molar-refractivity contribution in [3.63, 3.8) is 0 Å². The number of amides is 1. The molecule has 0 atom stereocenters. The van der Waals surface area contributed by atoms with Gasteiger partial charge in [0.2, 0.25) is 0 Å². The van der Waals surface area contributed by atoms with Crippen molar-refractivity contribution in [2.24, 2.45) is 5.92 Å². The van der Waals surface area contributed by atoms with Gasteiger partial charge in [-0.15, -0.1) is 0 Å². The average molecular weight is 313 g/mol. The minimum Gasteiger partial charge on any atom is -0.392 e. The minimum atomic E-state index is -0.852. The van der Waals surface area contributed by atoms with E-state index in [1.807, 2.05) is 11.8 Å². The SMILES string of the molecule is Nc1c([N+](=O)[O-])ccc(F)c1C(=O)NCC1CCSCC1. The fraction of sp³-hybridized carbons (Fsp3) is 0.462. The molecule has 1 amide bonds. The summed E-state index contributed by atoms with van der Waals surface area (Å²) in [4.78, 5) is 22.1. The summed E-state index contributed by atoms with van der Waals surface area (Å²) >= 11 is 1.87. The number of thioether (sulfide) groups is 1. The van der Waals surface area contributed by atoms with E-state index in [-0.39, 0.29) is 0 Å². The quantitative estimate of drug-likeness (QED) is 0.504. The number of nitrogen functional groups attached to an aromatic ring is 1. The Labute approximate surface area is 125 Å². The van der Waals surface area contributed by atoms with Crippen molar-refractivity contribution in [1.82, 2.24) is 5.32 Å². The van der Waals surface area contributed by atoms with Gasteiger partial charge in [0.15, 0.2) is 0 Å². The molecule has 0 aliphatic carbocycles. The van der Waals surface area contributed by atoms with E-state index in [9.17, 15) is 19.3 Å². The van der Waals surface area contributed by atoms with Crippen molar-refractivity contribution in [3.8, 4) is 0 Å². The van der Waals surface area contributed by atoms with Gasteiger partial charge in [-0.2, -0.15) is 11.8 Å². The van der Waals surface area contributed by atoms with Crippen LogP contribution >= 0.6 is 11.8 Å². The van der Waals surface area contributed by atoms with Crippen molar-refractivity contribution in [3.05, 3.63) is 33.6 Å². The zero-order chi connectivity index (χ0) is 15.4. The third-order valence-corrected chi connectivity index (χ3v) is 4.54. The van der Waals surface area contributed by atoms with Crippen LogP contribution in [-0.2, 0) is 0 Å². The second kappa shape index (κ2) is 6.75. The van der Waals surface area contributed by atoms with Crippen LogP contribution in [0.5, 0.6) is 0 Å². The molecular weight excluding hydrogens is 297 g/mol. The largest absolute Gasteiger partial charge is 0.392 e. The molecule has 6 nitrogen and oxygen atoms in total. The van der Waals surface area contributed by atoms with E-state index in [4.69, 9.17) is 5.73 Å². The number of carbonyl (C=O) groups is 1. The third kappa shape index (κ3) is 3.63. The Balaban J connectivity index is 2.11. The highest BCUT2D eigenvalue weighted by Crippen LogP contribution is 2.27. The van der Waals surface area contributed by atoms with E-state index in [0.29, 0.717) is 12.5 Å². The van der Waals surface area contributed by atoms with E-state index in [2.05, 4.69) is 5.32 Å². The number of rotatable bonds is 4. The molecule has 0 unspecified atom stereocenters. The molecule has 0 radical (unpaired) electrons. The van der Waals surface area contributed by atoms with Crippen LogP contribution in [0.15, 0.2) is 12.1 Å². The molecule has 1 heterocycles. The van der Waals surface area contributed by atoms with Gasteiger partial charge in [0.25, 0.3) is 11.6 Å². The first-order valence-electron chi connectivity index (χ1n) is 6.59. The van der Waals surface area contributed by atoms with Crippen molar-refractivity contribution in [1.29, 1.82) is 0 Å². The number of hydrogen-bond donors (Lipinski definition) is 2. The van der Waals surface area contributed by atoms with Gasteiger partial charge in [-0.25, -0.2) is 4.39 Å². The Morgan fingerprint density at radius 3 is 2.76 bits per heavy atom. The molecule has 1 aromatic carbocycles. The Morgan fingerprint density at radius 1 is 1.48 bits per heavy atom. The summed E-state index contributed by atoms with van der Waals surface area (Å²) in [6.07, 6.45) is 2.00. The summed E-state index contributed by atoms with van der Waals surface area (Å²) in [5.74, 6) is 0.904. The number of benzene rings is 1. The van der Waals surface area contributed by atoms with Crippen molar-refractivity contribution < 1.29 is 14.1 Å². The van der Waals surface area contributed by atoms with Gasteiger partial charge < -0.3 is 11.1 Å². The number of nitro benzene ring substituents is 1. The number of nitrogens with two attached hydrogens (primary N) is 1. The summed E-state index contributed by atoms with van der Waals surface area (Å²) < 4.78 is 13.7. The number of nitro groups is 1. The predicted molar refractivity (Wildman–Crippen MR) is 79.8 cm³/mol. The van der Waals surface area contributed by atoms with Gasteiger partial charge in [-0.1, -0.05) is 0 Å². The number of nitrogens with one attached hydrogen (secondary N) is 1. The molecule has 1 fully saturated rings. The first-order valence-corrected chi connectivity index (χ1v) is 7.74. The Bertz CT molecular complexity index is 562. The highest BCUT2D eigenvalue weighted by Gasteiger charge is 2.24. The molecule has 0 bridgehead atoms. The lowest BCUT2D eigenvalue weighted by molar-refractivity contribution is -0.384. The molecule has 0 saturated carbocycles. The lowest BCUT2D eigenvalue weighted by Crippen LogP contribution is -2.32. The lowest BCUT2D eigenvalue weighted by atomic mass is 10.0. The van der Waals surface area contributed by atoms with Gasteiger partial charge in [0, 0.05) is 12.6 Å². The molecule has 1 aliphatic rings. The van der Waals surface area contributed by atoms with Gasteiger partial charge >= 0.3 is 0 Å². The smallest absolute Gasteiger partial charge is 0.293 e. The Morgan fingerprint density at radius 2 is 2.14 bits per heavy atom. The number of nitrogens with zero attached hydrogens (tertiary/aromatic N) is 1. The minimum absolute atomic E-state index is 0.359. The Hall–Kier alpha value is -1.83. The number of anilines is 1. The summed E-state index contributed by atoms with van der Waals surface area (Å²) in [5, 5.41) is 13.4. The summed E-state index contributed by atoms with van der Waals surface area (Å²) in [5.41, 5.74) is 4.20. The van der Waals surface area contributed by atoms with E-state index in [1.165, 1.54) is 0 Å². The summed E-state index contributed by atoms with van der Waals surface area (Å²) in [7, 11) is 0. The predicted octanol–water partition coefficient (Wildman–Crippen LogP) is 2.19. The first kappa shape index (κ1) is 15.6. The van der Waals surface area contributed by atoms with E-state index < -0.39 is 33.6 Å². The zero-order valence-electron chi connectivity index (χ0n) is 11.3. The number of hydrogen-bond acceptors (Lipinski definition) is 5. The molecule has 114 valence electrons. The molecule has 1 saturated heterocycles. The standard InChI is InChI=1S/C13H16FN3O3S/c14-9-1-2-10(17(19)20)12(15)11(9)13(18)16-7-8-3-5-21-6-4-8/h1-2,8H,3-7,15H2,(H,16,18). The summed E-state index contributed by atoms with van der Waals surface area (Å²) in [6, 6.07) is 1.85. The van der Waals surface area contributed by atoms with Gasteiger partial charge in [-0.3, -0.25) is 14.9 Å². The van der Waals surface area contributed by atoms with Crippen LogP contribution in [0.4, 0.5) is 15.8 Å². The maximum atomic E-state index is 13.7. The first-order chi connectivity index (χ1) is 10.0. The van der Waals surface area contributed by atoms with E-state index in [0.717, 1.165) is 36.5 Å². The molecule has 8 heteroatoms. The topological polar surface area (TPSA) is 98.3 Å². The fourth-order valence-electron chi connectivity index (χ4n) is 2.25.